The third-order valence-electron chi connectivity index (χ3n) is 2.21. The first kappa shape index (κ1) is 6.77. The van der Waals surface area contributed by atoms with E-state index in [1.165, 1.54) is 0 Å². The normalized spacial score (nSPS) is 17.1. The first-order valence-corrected chi connectivity index (χ1v) is 3.95. The number of rotatable bonds is 0. The van der Waals surface area contributed by atoms with E-state index in [0.29, 0.717) is 23.7 Å². The Morgan fingerprint density at radius 1 is 1.15 bits per heavy atom. The van der Waals surface area contributed by atoms with Gasteiger partial charge in [0.1, 0.15) is 6.61 Å². The Hall–Kier alpha value is -1.71. The zero-order chi connectivity index (χ0) is 8.84. The molecule has 0 saturated heterocycles. The maximum absolute atomic E-state index is 11.1. The van der Waals surface area contributed by atoms with Crippen molar-refractivity contribution in [3.05, 3.63) is 23.3 Å². The van der Waals surface area contributed by atoms with Gasteiger partial charge in [0, 0.05) is 0 Å². The number of esters is 1. The minimum Gasteiger partial charge on any atom is -0.457 e. The second-order valence-corrected chi connectivity index (χ2v) is 2.90. The number of carbonyl (C=O) groups excluding carboxylic acids is 1. The molecule has 0 aliphatic carbocycles. The van der Waals surface area contributed by atoms with Gasteiger partial charge < -0.3 is 14.2 Å². The number of carbonyl (C=O) groups is 1. The van der Waals surface area contributed by atoms with Crippen LogP contribution in [-0.4, -0.2) is 12.8 Å². The highest BCUT2D eigenvalue weighted by atomic mass is 16.7. The van der Waals surface area contributed by atoms with Crippen molar-refractivity contribution in [2.24, 2.45) is 0 Å². The standard InChI is InChI=1S/C9H6O4/c10-9-5-1-2-7-8(13-4-12-7)6(5)3-11-9/h1-2H,3-4H2. The number of benzene rings is 1. The molecule has 0 spiro atoms. The first-order valence-electron chi connectivity index (χ1n) is 3.95. The summed E-state index contributed by atoms with van der Waals surface area (Å²) in [4.78, 5) is 11.1. The number of fused-ring (bicyclic) bond motifs is 3. The van der Waals surface area contributed by atoms with Gasteiger partial charge in [0.05, 0.1) is 11.1 Å². The molecule has 1 aromatic carbocycles. The summed E-state index contributed by atoms with van der Waals surface area (Å²) in [6.07, 6.45) is 0. The van der Waals surface area contributed by atoms with Crippen LogP contribution >= 0.6 is 0 Å². The summed E-state index contributed by atoms with van der Waals surface area (Å²) in [5.41, 5.74) is 1.39. The molecule has 2 heterocycles. The van der Waals surface area contributed by atoms with Gasteiger partial charge in [-0.1, -0.05) is 0 Å². The Morgan fingerprint density at radius 3 is 3.00 bits per heavy atom. The van der Waals surface area contributed by atoms with Gasteiger partial charge in [-0.2, -0.15) is 0 Å². The zero-order valence-corrected chi connectivity index (χ0v) is 6.70. The molecular formula is C9H6O4. The molecule has 2 aliphatic rings. The molecule has 2 aliphatic heterocycles. The Bertz CT molecular complexity index is 397. The predicted octanol–water partition coefficient (Wildman–Crippen LogP) is 1.09. The molecule has 0 bridgehead atoms. The molecule has 0 amide bonds. The van der Waals surface area contributed by atoms with Crippen LogP contribution < -0.4 is 9.47 Å². The van der Waals surface area contributed by atoms with Crippen LogP contribution in [-0.2, 0) is 11.3 Å². The van der Waals surface area contributed by atoms with E-state index in [4.69, 9.17) is 14.2 Å². The number of hydrogen-bond acceptors (Lipinski definition) is 4. The third kappa shape index (κ3) is 0.771. The van der Waals surface area contributed by atoms with Crippen molar-refractivity contribution in [3.63, 3.8) is 0 Å². The molecule has 4 heteroatoms. The number of ether oxygens (including phenoxy) is 3. The van der Waals surface area contributed by atoms with Gasteiger partial charge in [0.15, 0.2) is 11.5 Å². The van der Waals surface area contributed by atoms with Crippen molar-refractivity contribution in [2.75, 3.05) is 6.79 Å². The van der Waals surface area contributed by atoms with Gasteiger partial charge in [-0.25, -0.2) is 4.79 Å². The van der Waals surface area contributed by atoms with Gasteiger partial charge in [-0.15, -0.1) is 0 Å². The number of hydrogen-bond donors (Lipinski definition) is 0. The van der Waals surface area contributed by atoms with Crippen LogP contribution in [0.5, 0.6) is 11.5 Å². The SMILES string of the molecule is O=C1OCc2c1ccc1c2OCO1. The van der Waals surface area contributed by atoms with Gasteiger partial charge in [-0.3, -0.25) is 0 Å². The Kier molecular flexibility index (Phi) is 1.12. The maximum Gasteiger partial charge on any atom is 0.339 e. The molecule has 0 radical (unpaired) electrons. The molecular weight excluding hydrogens is 172 g/mol. The largest absolute Gasteiger partial charge is 0.457 e. The van der Waals surface area contributed by atoms with E-state index in [1.807, 2.05) is 0 Å². The summed E-state index contributed by atoms with van der Waals surface area (Å²) in [6.45, 7) is 0.515. The summed E-state index contributed by atoms with van der Waals surface area (Å²) in [7, 11) is 0. The lowest BCUT2D eigenvalue weighted by molar-refractivity contribution is 0.0534. The highest BCUT2D eigenvalue weighted by Gasteiger charge is 2.29. The number of cyclic esters (lactones) is 1. The van der Waals surface area contributed by atoms with Crippen molar-refractivity contribution in [3.8, 4) is 11.5 Å². The van der Waals surface area contributed by atoms with Gasteiger partial charge in [0.2, 0.25) is 6.79 Å². The van der Waals surface area contributed by atoms with Gasteiger partial charge >= 0.3 is 5.97 Å². The van der Waals surface area contributed by atoms with Crippen molar-refractivity contribution < 1.29 is 19.0 Å². The average molecular weight is 178 g/mol. The molecule has 0 atom stereocenters. The van der Waals surface area contributed by atoms with Crippen LogP contribution in [0.3, 0.4) is 0 Å². The van der Waals surface area contributed by atoms with Gasteiger partial charge in [-0.05, 0) is 12.1 Å². The summed E-state index contributed by atoms with van der Waals surface area (Å²) in [6, 6.07) is 3.44. The van der Waals surface area contributed by atoms with Crippen LogP contribution in [0, 0.1) is 0 Å². The van der Waals surface area contributed by atoms with Crippen molar-refractivity contribution >= 4 is 5.97 Å². The van der Waals surface area contributed by atoms with Crippen molar-refractivity contribution in [1.29, 1.82) is 0 Å². The van der Waals surface area contributed by atoms with E-state index in [2.05, 4.69) is 0 Å². The highest BCUT2D eigenvalue weighted by molar-refractivity contribution is 5.94. The van der Waals surface area contributed by atoms with Crippen molar-refractivity contribution in [1.82, 2.24) is 0 Å². The second-order valence-electron chi connectivity index (χ2n) is 2.90. The fraction of sp³-hybridized carbons (Fsp3) is 0.222. The molecule has 3 rings (SSSR count). The van der Waals surface area contributed by atoms with Gasteiger partial charge in [0.25, 0.3) is 0 Å². The predicted molar refractivity (Wildman–Crippen MR) is 41.7 cm³/mol. The van der Waals surface area contributed by atoms with Crippen molar-refractivity contribution in [2.45, 2.75) is 6.61 Å². The van der Waals surface area contributed by atoms with E-state index in [0.717, 1.165) is 5.56 Å². The maximum atomic E-state index is 11.1. The van der Waals surface area contributed by atoms with Crippen LogP contribution in [0.4, 0.5) is 0 Å². The molecule has 66 valence electrons. The molecule has 0 unspecified atom stereocenters. The summed E-state index contributed by atoms with van der Waals surface area (Å²) in [5.74, 6) is 1.06. The minimum atomic E-state index is -0.284. The van der Waals surface area contributed by atoms with E-state index < -0.39 is 0 Å². The van der Waals surface area contributed by atoms with E-state index in [-0.39, 0.29) is 12.8 Å². The Labute approximate surface area is 74.0 Å². The topological polar surface area (TPSA) is 44.8 Å². The summed E-state index contributed by atoms with van der Waals surface area (Å²) < 4.78 is 15.3. The van der Waals surface area contributed by atoms with Crippen LogP contribution in [0.25, 0.3) is 0 Å². The fourth-order valence-corrected chi connectivity index (χ4v) is 1.58. The van der Waals surface area contributed by atoms with Crippen LogP contribution in [0.2, 0.25) is 0 Å². The fourth-order valence-electron chi connectivity index (χ4n) is 1.58. The van der Waals surface area contributed by atoms with Crippen LogP contribution in [0.15, 0.2) is 12.1 Å². The summed E-state index contributed by atoms with van der Waals surface area (Å²) >= 11 is 0. The molecule has 0 N–H and O–H groups in total. The lowest BCUT2D eigenvalue weighted by Gasteiger charge is -1.98. The quantitative estimate of drug-likeness (QED) is 0.558. The van der Waals surface area contributed by atoms with E-state index >= 15 is 0 Å². The zero-order valence-electron chi connectivity index (χ0n) is 6.70. The Morgan fingerprint density at radius 2 is 2.08 bits per heavy atom. The molecule has 0 saturated carbocycles. The molecule has 0 fully saturated rings. The smallest absolute Gasteiger partial charge is 0.339 e. The second kappa shape index (κ2) is 2.16. The summed E-state index contributed by atoms with van der Waals surface area (Å²) in [5, 5.41) is 0. The first-order chi connectivity index (χ1) is 6.36. The Balaban J connectivity index is 2.26. The van der Waals surface area contributed by atoms with Crippen LogP contribution in [0.1, 0.15) is 15.9 Å². The lowest BCUT2D eigenvalue weighted by Crippen LogP contribution is -1.94. The monoisotopic (exact) mass is 178 g/mol. The lowest BCUT2D eigenvalue weighted by atomic mass is 10.1. The molecule has 1 aromatic rings. The molecule has 4 nitrogen and oxygen atoms in total. The third-order valence-corrected chi connectivity index (χ3v) is 2.21. The average Bonchev–Trinajstić information content (AvgIpc) is 2.70. The van der Waals surface area contributed by atoms with E-state index in [9.17, 15) is 4.79 Å². The molecule has 13 heavy (non-hydrogen) atoms. The van der Waals surface area contributed by atoms with E-state index in [1.54, 1.807) is 12.1 Å². The highest BCUT2D eigenvalue weighted by Crippen LogP contribution is 2.40. The molecule has 0 aromatic heterocycles. The minimum absolute atomic E-state index is 0.222.